The molecule has 6 heteroatoms. The fourth-order valence-corrected chi connectivity index (χ4v) is 4.13. The second-order valence-electron chi connectivity index (χ2n) is 7.07. The van der Waals surface area contributed by atoms with Crippen LogP contribution in [-0.2, 0) is 0 Å². The molecule has 0 aromatic heterocycles. The van der Waals surface area contributed by atoms with Crippen molar-refractivity contribution in [3.63, 3.8) is 0 Å². The molecule has 2 unspecified atom stereocenters. The lowest BCUT2D eigenvalue weighted by atomic mass is 9.58. The van der Waals surface area contributed by atoms with Crippen LogP contribution in [0.15, 0.2) is 59.8 Å². The molecule has 0 spiro atoms. The molecule has 6 nitrogen and oxygen atoms in total. The molecule has 140 valence electrons. The summed E-state index contributed by atoms with van der Waals surface area (Å²) >= 11 is 0. The SMILES string of the molecule is C=CCOc1ccc(C2C3CN(C)CC=C3C(C#N)=C(N)C2(C#N)C#N)cc1. The van der Waals surface area contributed by atoms with Gasteiger partial charge in [-0.15, -0.1) is 0 Å². The van der Waals surface area contributed by atoms with Crippen LogP contribution in [0.1, 0.15) is 11.5 Å². The molecule has 0 radical (unpaired) electrons. The van der Waals surface area contributed by atoms with Crippen molar-refractivity contribution in [2.24, 2.45) is 17.1 Å². The van der Waals surface area contributed by atoms with E-state index in [2.05, 4.69) is 29.7 Å². The smallest absolute Gasteiger partial charge is 0.191 e. The average Bonchev–Trinajstić information content (AvgIpc) is 2.72. The number of hydrogen-bond donors (Lipinski definition) is 1. The van der Waals surface area contributed by atoms with Crippen molar-refractivity contribution < 1.29 is 4.74 Å². The van der Waals surface area contributed by atoms with Gasteiger partial charge in [-0.3, -0.25) is 0 Å². The Hall–Kier alpha value is -3.53. The molecule has 0 saturated carbocycles. The zero-order chi connectivity index (χ0) is 20.3. The fourth-order valence-electron chi connectivity index (χ4n) is 4.13. The number of fused-ring (bicyclic) bond motifs is 1. The summed E-state index contributed by atoms with van der Waals surface area (Å²) in [5, 5.41) is 29.7. The van der Waals surface area contributed by atoms with Gasteiger partial charge in [0.05, 0.1) is 23.4 Å². The van der Waals surface area contributed by atoms with Crippen molar-refractivity contribution in [3.8, 4) is 24.0 Å². The van der Waals surface area contributed by atoms with Crippen LogP contribution in [0.3, 0.4) is 0 Å². The first-order valence-electron chi connectivity index (χ1n) is 8.97. The summed E-state index contributed by atoms with van der Waals surface area (Å²) in [5.41, 5.74) is 6.64. The Morgan fingerprint density at radius 2 is 1.96 bits per heavy atom. The Bertz CT molecular complexity index is 954. The number of rotatable bonds is 4. The van der Waals surface area contributed by atoms with E-state index in [9.17, 15) is 15.8 Å². The third kappa shape index (κ3) is 2.93. The van der Waals surface area contributed by atoms with Gasteiger partial charge in [-0.05, 0) is 30.3 Å². The Morgan fingerprint density at radius 1 is 1.29 bits per heavy atom. The molecule has 2 atom stereocenters. The third-order valence-electron chi connectivity index (χ3n) is 5.45. The van der Waals surface area contributed by atoms with Crippen molar-refractivity contribution in [1.29, 1.82) is 15.8 Å². The molecule has 0 amide bonds. The molecule has 1 aromatic rings. The maximum atomic E-state index is 10.0. The van der Waals surface area contributed by atoms with Gasteiger partial charge in [0.2, 0.25) is 0 Å². The summed E-state index contributed by atoms with van der Waals surface area (Å²) in [6, 6.07) is 13.8. The monoisotopic (exact) mass is 371 g/mol. The Morgan fingerprint density at radius 3 is 2.54 bits per heavy atom. The van der Waals surface area contributed by atoms with Crippen LogP contribution in [-0.4, -0.2) is 31.6 Å². The molecular weight excluding hydrogens is 350 g/mol. The van der Waals surface area contributed by atoms with Crippen LogP contribution in [0.5, 0.6) is 5.75 Å². The molecular formula is C22H21N5O. The summed E-state index contributed by atoms with van der Waals surface area (Å²) in [6.45, 7) is 5.35. The van der Waals surface area contributed by atoms with Crippen LogP contribution in [0.4, 0.5) is 0 Å². The normalized spacial score (nSPS) is 23.4. The number of nitrogens with two attached hydrogens (primary N) is 1. The molecule has 2 aliphatic rings. The highest BCUT2D eigenvalue weighted by atomic mass is 16.5. The van der Waals surface area contributed by atoms with Crippen LogP contribution in [0.25, 0.3) is 0 Å². The van der Waals surface area contributed by atoms with Gasteiger partial charge < -0.3 is 15.4 Å². The van der Waals surface area contributed by atoms with E-state index in [4.69, 9.17) is 10.5 Å². The molecule has 1 heterocycles. The van der Waals surface area contributed by atoms with Crippen molar-refractivity contribution in [1.82, 2.24) is 4.90 Å². The zero-order valence-electron chi connectivity index (χ0n) is 15.7. The van der Waals surface area contributed by atoms with E-state index in [-0.39, 0.29) is 17.2 Å². The van der Waals surface area contributed by atoms with Crippen LogP contribution < -0.4 is 10.5 Å². The number of allylic oxidation sites excluding steroid dienone is 2. The lowest BCUT2D eigenvalue weighted by molar-refractivity contribution is 0.237. The Labute approximate surface area is 165 Å². The van der Waals surface area contributed by atoms with Gasteiger partial charge >= 0.3 is 0 Å². The largest absolute Gasteiger partial charge is 0.490 e. The second-order valence-corrected chi connectivity index (χ2v) is 7.07. The number of benzene rings is 1. The first kappa shape index (κ1) is 19.2. The Balaban J connectivity index is 2.18. The summed E-state index contributed by atoms with van der Waals surface area (Å²) in [7, 11) is 1.98. The number of likely N-dealkylation sites (N-methyl/N-ethyl adjacent to an activating group) is 1. The number of hydrogen-bond acceptors (Lipinski definition) is 6. The van der Waals surface area contributed by atoms with Gasteiger partial charge in [-0.1, -0.05) is 30.9 Å². The molecule has 1 aliphatic heterocycles. The number of nitriles is 3. The maximum absolute atomic E-state index is 10.0. The van der Waals surface area contributed by atoms with Crippen LogP contribution in [0.2, 0.25) is 0 Å². The molecule has 28 heavy (non-hydrogen) atoms. The summed E-state index contributed by atoms with van der Waals surface area (Å²) in [4.78, 5) is 2.11. The quantitative estimate of drug-likeness (QED) is 0.815. The molecule has 0 saturated heterocycles. The summed E-state index contributed by atoms with van der Waals surface area (Å²) in [6.07, 6.45) is 3.64. The van der Waals surface area contributed by atoms with Crippen molar-refractivity contribution >= 4 is 0 Å². The van der Waals surface area contributed by atoms with Gasteiger partial charge in [0.25, 0.3) is 0 Å². The molecule has 2 N–H and O–H groups in total. The molecule has 3 rings (SSSR count). The lowest BCUT2D eigenvalue weighted by Gasteiger charge is -2.45. The molecule has 0 fully saturated rings. The highest BCUT2D eigenvalue weighted by Gasteiger charge is 2.54. The zero-order valence-corrected chi connectivity index (χ0v) is 15.7. The van der Waals surface area contributed by atoms with E-state index in [1.807, 2.05) is 37.4 Å². The lowest BCUT2D eigenvalue weighted by Crippen LogP contribution is -2.47. The predicted molar refractivity (Wildman–Crippen MR) is 104 cm³/mol. The van der Waals surface area contributed by atoms with E-state index in [0.717, 1.165) is 11.1 Å². The minimum absolute atomic E-state index is 0.0454. The highest BCUT2D eigenvalue weighted by molar-refractivity contribution is 5.59. The second kappa shape index (κ2) is 7.61. The predicted octanol–water partition coefficient (Wildman–Crippen LogP) is 2.61. The number of ether oxygens (including phenoxy) is 1. The van der Waals surface area contributed by atoms with Gasteiger partial charge in [-0.25, -0.2) is 0 Å². The standard InChI is InChI=1S/C22H21N5O/c1-3-10-28-16-6-4-15(5-7-16)20-19-12-27(2)9-8-17(19)18(11-23)21(26)22(20,13-24)14-25/h3-8,19-20H,1,9-10,12,26H2,2H3. The summed E-state index contributed by atoms with van der Waals surface area (Å²) < 4.78 is 5.54. The highest BCUT2D eigenvalue weighted by Crippen LogP contribution is 2.54. The first-order chi connectivity index (χ1) is 13.5. The van der Waals surface area contributed by atoms with Crippen LogP contribution in [0, 0.1) is 45.3 Å². The van der Waals surface area contributed by atoms with Gasteiger partial charge in [0, 0.05) is 24.9 Å². The number of nitrogens with zero attached hydrogens (tertiary/aromatic N) is 4. The van der Waals surface area contributed by atoms with Gasteiger partial charge in [0.1, 0.15) is 18.4 Å². The third-order valence-corrected chi connectivity index (χ3v) is 5.45. The van der Waals surface area contributed by atoms with Crippen molar-refractivity contribution in [2.45, 2.75) is 5.92 Å². The minimum Gasteiger partial charge on any atom is -0.490 e. The van der Waals surface area contributed by atoms with E-state index in [1.54, 1.807) is 6.08 Å². The first-order valence-corrected chi connectivity index (χ1v) is 8.97. The maximum Gasteiger partial charge on any atom is 0.191 e. The van der Waals surface area contributed by atoms with E-state index < -0.39 is 11.3 Å². The van der Waals surface area contributed by atoms with Crippen molar-refractivity contribution in [2.75, 3.05) is 26.7 Å². The Kier molecular flexibility index (Phi) is 5.23. The van der Waals surface area contributed by atoms with Gasteiger partial charge in [-0.2, -0.15) is 15.8 Å². The van der Waals surface area contributed by atoms with E-state index >= 15 is 0 Å². The molecule has 1 aliphatic carbocycles. The van der Waals surface area contributed by atoms with Gasteiger partial charge in [0.15, 0.2) is 5.41 Å². The van der Waals surface area contributed by atoms with Crippen LogP contribution >= 0.6 is 0 Å². The minimum atomic E-state index is -1.60. The van der Waals surface area contributed by atoms with Crippen molar-refractivity contribution in [3.05, 3.63) is 65.4 Å². The fraction of sp³-hybridized carbons (Fsp3) is 0.318. The average molecular weight is 371 g/mol. The topological polar surface area (TPSA) is 110 Å². The summed E-state index contributed by atoms with van der Waals surface area (Å²) in [5.74, 6) is 0.0127. The van der Waals surface area contributed by atoms with E-state index in [0.29, 0.717) is 25.4 Å². The molecule has 1 aromatic carbocycles. The molecule has 0 bridgehead atoms. The van der Waals surface area contributed by atoms with E-state index in [1.165, 1.54) is 0 Å².